The molecule has 1 fully saturated rings. The van der Waals surface area contributed by atoms with E-state index in [1.807, 2.05) is 20.8 Å². The first-order chi connectivity index (χ1) is 11.9. The van der Waals surface area contributed by atoms with Gasteiger partial charge in [-0.1, -0.05) is 31.8 Å². The number of hydrogen-bond donors (Lipinski definition) is 1. The van der Waals surface area contributed by atoms with Crippen molar-refractivity contribution in [3.63, 3.8) is 0 Å². The average Bonchev–Trinajstić information content (AvgIpc) is 3.25. The largest absolute Gasteiger partial charge is 0.342 e. The number of amides is 1. The minimum atomic E-state index is -0.709. The molecule has 0 spiro atoms. The van der Waals surface area contributed by atoms with Crippen molar-refractivity contribution in [2.24, 2.45) is 5.92 Å². The zero-order valence-corrected chi connectivity index (χ0v) is 15.2. The summed E-state index contributed by atoms with van der Waals surface area (Å²) in [7, 11) is 0. The first kappa shape index (κ1) is 17.5. The van der Waals surface area contributed by atoms with Crippen LogP contribution in [0.3, 0.4) is 0 Å². The van der Waals surface area contributed by atoms with Crippen molar-refractivity contribution in [2.75, 3.05) is 0 Å². The second-order valence-corrected chi connectivity index (χ2v) is 7.34. The molecule has 1 atom stereocenters. The zero-order valence-electron chi connectivity index (χ0n) is 15.2. The Hall–Kier alpha value is -2.31. The van der Waals surface area contributed by atoms with Crippen molar-refractivity contribution in [3.8, 4) is 0 Å². The van der Waals surface area contributed by atoms with E-state index in [4.69, 9.17) is 9.51 Å². The van der Waals surface area contributed by atoms with Crippen LogP contribution < -0.4 is 5.32 Å². The van der Waals surface area contributed by atoms with Crippen molar-refractivity contribution in [3.05, 3.63) is 36.0 Å². The van der Waals surface area contributed by atoms with E-state index in [0.29, 0.717) is 11.7 Å². The van der Waals surface area contributed by atoms with Gasteiger partial charge in [0.05, 0.1) is 11.1 Å². The van der Waals surface area contributed by atoms with E-state index in [9.17, 15) is 4.79 Å². The highest BCUT2D eigenvalue weighted by atomic mass is 16.5. The van der Waals surface area contributed by atoms with Crippen molar-refractivity contribution >= 4 is 5.91 Å². The Kier molecular flexibility index (Phi) is 4.58. The van der Waals surface area contributed by atoms with Crippen LogP contribution in [0, 0.1) is 5.92 Å². The van der Waals surface area contributed by atoms with Crippen LogP contribution in [0.25, 0.3) is 0 Å². The van der Waals surface area contributed by atoms with Crippen LogP contribution in [0.15, 0.2) is 23.1 Å². The number of nitrogens with zero attached hydrogens (tertiary/aromatic N) is 4. The molecule has 7 nitrogen and oxygen atoms in total. The predicted octanol–water partition coefficient (Wildman–Crippen LogP) is 2.73. The number of carbonyl (C=O) groups excluding carboxylic acids is 1. The molecule has 134 valence electrons. The first-order valence-corrected chi connectivity index (χ1v) is 8.78. The topological polar surface area (TPSA) is 93.8 Å². The highest BCUT2D eigenvalue weighted by Gasteiger charge is 2.45. The van der Waals surface area contributed by atoms with Gasteiger partial charge in [-0.3, -0.25) is 14.8 Å². The maximum absolute atomic E-state index is 11.7. The van der Waals surface area contributed by atoms with E-state index in [2.05, 4.69) is 20.4 Å². The zero-order chi connectivity index (χ0) is 18.1. The van der Waals surface area contributed by atoms with Gasteiger partial charge in [0.25, 0.3) is 5.89 Å². The molecular formula is C18H25N5O2. The van der Waals surface area contributed by atoms with Crippen LogP contribution in [0.1, 0.15) is 70.8 Å². The third kappa shape index (κ3) is 3.03. The summed E-state index contributed by atoms with van der Waals surface area (Å²) in [6.07, 6.45) is 9.18. The Labute approximate surface area is 147 Å². The van der Waals surface area contributed by atoms with Gasteiger partial charge in [0.2, 0.25) is 5.91 Å². The number of rotatable bonds is 5. The second-order valence-electron chi connectivity index (χ2n) is 7.34. The van der Waals surface area contributed by atoms with Gasteiger partial charge in [-0.05, 0) is 25.7 Å². The van der Waals surface area contributed by atoms with Crippen molar-refractivity contribution in [1.29, 1.82) is 0 Å². The third-order valence-electron chi connectivity index (χ3n) is 5.40. The lowest BCUT2D eigenvalue weighted by molar-refractivity contribution is -0.121. The lowest BCUT2D eigenvalue weighted by Crippen LogP contribution is -2.46. The summed E-state index contributed by atoms with van der Waals surface area (Å²) >= 11 is 0. The van der Waals surface area contributed by atoms with E-state index >= 15 is 0 Å². The fourth-order valence-corrected chi connectivity index (χ4v) is 3.56. The Bertz CT molecular complexity index is 737. The molecule has 2 aromatic heterocycles. The fourth-order valence-electron chi connectivity index (χ4n) is 3.56. The molecule has 1 aliphatic rings. The van der Waals surface area contributed by atoms with Crippen LogP contribution in [-0.2, 0) is 15.7 Å². The van der Waals surface area contributed by atoms with Gasteiger partial charge in [-0.15, -0.1) is 0 Å². The highest BCUT2D eigenvalue weighted by Crippen LogP contribution is 2.44. The maximum Gasteiger partial charge on any atom is 0.252 e. The molecule has 25 heavy (non-hydrogen) atoms. The monoisotopic (exact) mass is 343 g/mol. The summed E-state index contributed by atoms with van der Waals surface area (Å²) in [5.74, 6) is 1.04. The van der Waals surface area contributed by atoms with Gasteiger partial charge in [-0.25, -0.2) is 0 Å². The summed E-state index contributed by atoms with van der Waals surface area (Å²) in [5, 5.41) is 7.26. The number of aromatic nitrogens is 4. The lowest BCUT2D eigenvalue weighted by Gasteiger charge is -2.30. The van der Waals surface area contributed by atoms with Gasteiger partial charge in [-0.2, -0.15) is 4.98 Å². The molecule has 7 heteroatoms. The van der Waals surface area contributed by atoms with E-state index in [-0.39, 0.29) is 17.2 Å². The number of nitrogens with one attached hydrogen (secondary N) is 1. The average molecular weight is 343 g/mol. The molecule has 0 bridgehead atoms. The Morgan fingerprint density at radius 2 is 2.04 bits per heavy atom. The summed E-state index contributed by atoms with van der Waals surface area (Å²) in [4.78, 5) is 25.1. The quantitative estimate of drug-likeness (QED) is 0.897. The molecule has 0 saturated heterocycles. The predicted molar refractivity (Wildman–Crippen MR) is 91.6 cm³/mol. The van der Waals surface area contributed by atoms with E-state index < -0.39 is 5.54 Å². The normalized spacial score (nSPS) is 18.9. The molecule has 1 N–H and O–H groups in total. The van der Waals surface area contributed by atoms with Gasteiger partial charge >= 0.3 is 0 Å². The van der Waals surface area contributed by atoms with Gasteiger partial charge in [0.1, 0.15) is 5.54 Å². The molecule has 1 saturated carbocycles. The smallest absolute Gasteiger partial charge is 0.252 e. The van der Waals surface area contributed by atoms with Crippen molar-refractivity contribution < 1.29 is 9.32 Å². The van der Waals surface area contributed by atoms with Crippen LogP contribution in [0.2, 0.25) is 0 Å². The molecular weight excluding hydrogens is 318 g/mol. The molecule has 2 heterocycles. The van der Waals surface area contributed by atoms with E-state index in [1.165, 1.54) is 6.92 Å². The Balaban J connectivity index is 2.03. The minimum Gasteiger partial charge on any atom is -0.342 e. The van der Waals surface area contributed by atoms with Gasteiger partial charge < -0.3 is 9.84 Å². The summed E-state index contributed by atoms with van der Waals surface area (Å²) < 4.78 is 5.63. The standard InChI is InChI=1S/C18H25N5O2/c1-12(2)17(4,22-13(3)24)16-21-15(23-25-16)18(7-5-6-8-18)14-11-19-9-10-20-14/h9-12H,5-8H2,1-4H3,(H,22,24). The number of hydrogen-bond acceptors (Lipinski definition) is 6. The molecule has 2 aromatic rings. The highest BCUT2D eigenvalue weighted by molar-refractivity contribution is 5.73. The molecule has 0 radical (unpaired) electrons. The van der Waals surface area contributed by atoms with Crippen LogP contribution in [-0.4, -0.2) is 26.0 Å². The van der Waals surface area contributed by atoms with E-state index in [1.54, 1.807) is 18.6 Å². The Morgan fingerprint density at radius 1 is 1.32 bits per heavy atom. The Morgan fingerprint density at radius 3 is 2.60 bits per heavy atom. The lowest BCUT2D eigenvalue weighted by atomic mass is 9.81. The minimum absolute atomic E-state index is 0.0979. The van der Waals surface area contributed by atoms with Crippen LogP contribution >= 0.6 is 0 Å². The van der Waals surface area contributed by atoms with Crippen LogP contribution in [0.5, 0.6) is 0 Å². The molecule has 0 aliphatic heterocycles. The summed E-state index contributed by atoms with van der Waals surface area (Å²) in [6.45, 7) is 7.46. The summed E-state index contributed by atoms with van der Waals surface area (Å²) in [5.41, 5.74) is -0.186. The molecule has 1 amide bonds. The van der Waals surface area contributed by atoms with Crippen molar-refractivity contribution in [2.45, 2.75) is 64.3 Å². The molecule has 0 aromatic carbocycles. The number of carbonyl (C=O) groups is 1. The first-order valence-electron chi connectivity index (χ1n) is 8.78. The molecule has 1 aliphatic carbocycles. The van der Waals surface area contributed by atoms with Gasteiger partial charge in [0.15, 0.2) is 5.82 Å². The molecule has 3 rings (SSSR count). The maximum atomic E-state index is 11.7. The summed E-state index contributed by atoms with van der Waals surface area (Å²) in [6, 6.07) is 0. The van der Waals surface area contributed by atoms with Crippen LogP contribution in [0.4, 0.5) is 0 Å². The fraction of sp³-hybridized carbons (Fsp3) is 0.611. The van der Waals surface area contributed by atoms with Gasteiger partial charge in [0, 0.05) is 25.5 Å². The second kappa shape index (κ2) is 6.54. The van der Waals surface area contributed by atoms with E-state index in [0.717, 1.165) is 31.4 Å². The molecule has 1 unspecified atom stereocenters. The SMILES string of the molecule is CC(=O)NC(C)(c1nc(C2(c3cnccn3)CCCC2)no1)C(C)C. The van der Waals surface area contributed by atoms with Crippen molar-refractivity contribution in [1.82, 2.24) is 25.4 Å². The third-order valence-corrected chi connectivity index (χ3v) is 5.40.